The first-order valence-corrected chi connectivity index (χ1v) is 25.5. The van der Waals surface area contributed by atoms with Gasteiger partial charge in [-0.05, 0) is 101 Å². The van der Waals surface area contributed by atoms with E-state index in [1.54, 1.807) is 42.7 Å². The second kappa shape index (κ2) is 27.3. The van der Waals surface area contributed by atoms with Crippen molar-refractivity contribution in [2.75, 3.05) is 55.9 Å². The molecule has 0 bridgehead atoms. The fraction of sp³-hybridized carbons (Fsp3) is 0.400. The Hall–Kier alpha value is -6.32. The highest BCUT2D eigenvalue weighted by Crippen LogP contribution is 2.40. The van der Waals surface area contributed by atoms with Crippen molar-refractivity contribution >= 4 is 0 Å². The first-order chi connectivity index (χ1) is 37.8. The summed E-state index contributed by atoms with van der Waals surface area (Å²) in [5.41, 5.74) is 5.06. The van der Waals surface area contributed by atoms with Crippen LogP contribution in [0.25, 0.3) is 0 Å². The Morgan fingerprint density at radius 1 is 0.377 bits per heavy atom. The van der Waals surface area contributed by atoms with Crippen LogP contribution in [0.1, 0.15) is 39.7 Å². The summed E-state index contributed by atoms with van der Waals surface area (Å²) in [6.45, 7) is 0.306. The van der Waals surface area contributed by atoms with Crippen LogP contribution in [0.15, 0.2) is 146 Å². The van der Waals surface area contributed by atoms with E-state index in [1.165, 1.54) is 0 Å². The predicted octanol–water partition coefficient (Wildman–Crippen LogP) is 8.54. The summed E-state index contributed by atoms with van der Waals surface area (Å²) in [6, 6.07) is 45.4. The van der Waals surface area contributed by atoms with Crippen LogP contribution in [0, 0.1) is 0 Å². The van der Waals surface area contributed by atoms with E-state index in [4.69, 9.17) is 75.8 Å². The molecular weight excluding hydrogens is 993 g/mol. The summed E-state index contributed by atoms with van der Waals surface area (Å²) >= 11 is 0. The van der Waals surface area contributed by atoms with E-state index in [2.05, 4.69) is 0 Å². The summed E-state index contributed by atoms with van der Waals surface area (Å²) in [5.74, 6) is 4.20. The molecule has 0 aromatic heterocycles. The van der Waals surface area contributed by atoms with Crippen molar-refractivity contribution in [2.45, 2.75) is 101 Å². The van der Waals surface area contributed by atoms with Crippen LogP contribution in [0.3, 0.4) is 0 Å². The van der Waals surface area contributed by atoms with Crippen molar-refractivity contribution in [1.29, 1.82) is 0 Å². The molecule has 0 saturated carbocycles. The average Bonchev–Trinajstić information content (AvgIpc) is 3.53. The zero-order valence-electron chi connectivity index (χ0n) is 44.1. The molecule has 410 valence electrons. The molecular formula is C60H68O17. The molecule has 6 aromatic rings. The smallest absolute Gasteiger partial charge is 0.190 e. The minimum absolute atomic E-state index is 0.102. The molecule has 3 saturated heterocycles. The van der Waals surface area contributed by atoms with E-state index >= 15 is 0 Å². The molecule has 77 heavy (non-hydrogen) atoms. The first-order valence-electron chi connectivity index (χ1n) is 25.5. The van der Waals surface area contributed by atoms with Gasteiger partial charge in [0.15, 0.2) is 18.9 Å². The fourth-order valence-electron chi connectivity index (χ4n) is 9.36. The van der Waals surface area contributed by atoms with Crippen molar-refractivity contribution < 1.29 is 80.9 Å². The lowest BCUT2D eigenvalue weighted by Gasteiger charge is -2.51. The molecule has 0 radical (unpaired) electrons. The maximum Gasteiger partial charge on any atom is 0.190 e. The van der Waals surface area contributed by atoms with E-state index in [1.807, 2.05) is 146 Å². The second-order valence-electron chi connectivity index (χ2n) is 18.6. The lowest BCUT2D eigenvalue weighted by molar-refractivity contribution is -0.411. The number of aliphatic hydroxyl groups is 1. The zero-order valence-corrected chi connectivity index (χ0v) is 44.1. The lowest BCUT2D eigenvalue weighted by Crippen LogP contribution is -2.66. The Bertz CT molecular complexity index is 2550. The van der Waals surface area contributed by atoms with Crippen molar-refractivity contribution in [1.82, 2.24) is 0 Å². The van der Waals surface area contributed by atoms with Gasteiger partial charge in [-0.2, -0.15) is 0 Å². The Morgan fingerprint density at radius 2 is 0.701 bits per heavy atom. The molecule has 3 fully saturated rings. The maximum atomic E-state index is 11.3. The summed E-state index contributed by atoms with van der Waals surface area (Å²) in [6.07, 6.45) is -10.3. The number of aliphatic hydroxyl groups excluding tert-OH is 1. The zero-order chi connectivity index (χ0) is 53.5. The number of methoxy groups -OCH3 is 6. The average molecular weight is 1060 g/mol. The van der Waals surface area contributed by atoms with Crippen molar-refractivity contribution in [3.63, 3.8) is 0 Å². The molecule has 3 heterocycles. The quantitative estimate of drug-likeness (QED) is 0.0579. The molecule has 0 amide bonds. The van der Waals surface area contributed by atoms with Crippen molar-refractivity contribution in [3.8, 4) is 34.5 Å². The van der Waals surface area contributed by atoms with Crippen LogP contribution in [-0.4, -0.2) is 122 Å². The van der Waals surface area contributed by atoms with Gasteiger partial charge in [0.1, 0.15) is 83.3 Å². The molecule has 3 aliphatic rings. The van der Waals surface area contributed by atoms with Crippen LogP contribution in [0.4, 0.5) is 0 Å². The SMILES string of the molecule is COc1ccc(CO[C@@H]2[C@@H](OCc3ccc(OC)cc3)[C@@H](O[C@H]3O[C@@H]4CO[C@@H](c5ccc(OC)cc5)O[C@H]4[C@H](OCc4ccc(OC)cc4)[C@H]3OCc3ccc(OC)cc3)O[C@H](CO)[C@H]2OCc2ccc(OC)cc2)cc1. The molecule has 9 rings (SSSR count). The summed E-state index contributed by atoms with van der Waals surface area (Å²) in [4.78, 5) is 0. The van der Waals surface area contributed by atoms with Crippen molar-refractivity contribution in [3.05, 3.63) is 179 Å². The third kappa shape index (κ3) is 14.2. The van der Waals surface area contributed by atoms with E-state index in [-0.39, 0.29) is 39.6 Å². The Kier molecular flexibility index (Phi) is 19.7. The van der Waals surface area contributed by atoms with E-state index in [9.17, 15) is 5.11 Å². The standard InChI is InChI=1S/C60H68O17/c1-62-44-19-7-38(8-20-44)32-68-52-50(31-61)74-59(56(71-35-41-13-25-47(65-4)26-14-41)54(52)69-33-39-9-21-45(63-2)22-10-39)77-60-57(72-36-42-15-27-48(66-5)28-16-42)55(70-34-40-11-23-46(64-3)24-12-40)53-51(75-60)37-73-58(76-53)43-17-29-49(67-6)30-18-43/h7-30,50-61H,31-37H2,1-6H3/t50-,51-,52-,53-,54+,55+,56-,57-,58-,59-,60-/m1/s1. The van der Waals surface area contributed by atoms with Gasteiger partial charge in [0, 0.05) is 5.56 Å². The molecule has 17 nitrogen and oxygen atoms in total. The Labute approximate surface area is 449 Å². The monoisotopic (exact) mass is 1060 g/mol. The molecule has 1 N–H and O–H groups in total. The number of hydrogen-bond donors (Lipinski definition) is 1. The van der Waals surface area contributed by atoms with Gasteiger partial charge in [0.25, 0.3) is 0 Å². The van der Waals surface area contributed by atoms with Crippen LogP contribution in [-0.2, 0) is 80.4 Å². The maximum absolute atomic E-state index is 11.3. The van der Waals surface area contributed by atoms with Crippen LogP contribution >= 0.6 is 0 Å². The first kappa shape index (κ1) is 55.4. The third-order valence-corrected chi connectivity index (χ3v) is 13.7. The highest BCUT2D eigenvalue weighted by Gasteiger charge is 2.55. The largest absolute Gasteiger partial charge is 0.497 e. The van der Waals surface area contributed by atoms with Crippen LogP contribution in [0.2, 0.25) is 0 Å². The number of hydrogen-bond acceptors (Lipinski definition) is 17. The third-order valence-electron chi connectivity index (χ3n) is 13.7. The van der Waals surface area contributed by atoms with Gasteiger partial charge in [-0.15, -0.1) is 0 Å². The molecule has 17 heteroatoms. The van der Waals surface area contributed by atoms with Crippen LogP contribution < -0.4 is 28.4 Å². The minimum atomic E-state index is -1.26. The van der Waals surface area contributed by atoms with Gasteiger partial charge in [-0.3, -0.25) is 0 Å². The van der Waals surface area contributed by atoms with Gasteiger partial charge in [0.2, 0.25) is 0 Å². The summed E-state index contributed by atoms with van der Waals surface area (Å²) in [5, 5.41) is 11.3. The second-order valence-corrected chi connectivity index (χ2v) is 18.6. The summed E-state index contributed by atoms with van der Waals surface area (Å²) < 4.78 is 102. The molecule has 0 unspecified atom stereocenters. The van der Waals surface area contributed by atoms with E-state index < -0.39 is 74.3 Å². The number of fused-ring (bicyclic) bond motifs is 1. The van der Waals surface area contributed by atoms with Crippen molar-refractivity contribution in [2.24, 2.45) is 0 Å². The van der Waals surface area contributed by atoms with Gasteiger partial charge in [-0.25, -0.2) is 0 Å². The molecule has 6 aromatic carbocycles. The normalized spacial score (nSPS) is 25.1. The highest BCUT2D eigenvalue weighted by molar-refractivity contribution is 5.31. The van der Waals surface area contributed by atoms with Crippen LogP contribution in [0.5, 0.6) is 34.5 Å². The number of rotatable bonds is 25. The molecule has 11 atom stereocenters. The Balaban J connectivity index is 1.08. The van der Waals surface area contributed by atoms with E-state index in [0.29, 0.717) is 34.5 Å². The fourth-order valence-corrected chi connectivity index (χ4v) is 9.36. The molecule has 0 aliphatic carbocycles. The summed E-state index contributed by atoms with van der Waals surface area (Å²) in [7, 11) is 9.71. The van der Waals surface area contributed by atoms with E-state index in [0.717, 1.165) is 33.4 Å². The molecule has 3 aliphatic heterocycles. The van der Waals surface area contributed by atoms with Gasteiger partial charge < -0.3 is 80.9 Å². The number of ether oxygens (including phenoxy) is 16. The van der Waals surface area contributed by atoms with Gasteiger partial charge in [-0.1, -0.05) is 72.8 Å². The van der Waals surface area contributed by atoms with Gasteiger partial charge >= 0.3 is 0 Å². The molecule has 0 spiro atoms. The topological polar surface area (TPSA) is 168 Å². The Morgan fingerprint density at radius 3 is 1.08 bits per heavy atom. The van der Waals surface area contributed by atoms with Gasteiger partial charge in [0.05, 0.1) is 88.9 Å². The number of benzene rings is 6. The lowest BCUT2D eigenvalue weighted by atomic mass is 9.96. The highest BCUT2D eigenvalue weighted by atomic mass is 16.8. The predicted molar refractivity (Wildman–Crippen MR) is 280 cm³/mol. The minimum Gasteiger partial charge on any atom is -0.497 e.